The number of carboxylic acid groups (broad SMARTS) is 1. The van der Waals surface area contributed by atoms with E-state index in [4.69, 9.17) is 9.84 Å². The highest BCUT2D eigenvalue weighted by Crippen LogP contribution is 2.44. The third kappa shape index (κ3) is 5.94. The molecule has 162 valence electrons. The average Bonchev–Trinajstić information content (AvgIpc) is 3.07. The molecular weight excluding hydrogens is 396 g/mol. The van der Waals surface area contributed by atoms with Crippen molar-refractivity contribution in [2.24, 2.45) is 5.92 Å². The lowest BCUT2D eigenvalue weighted by molar-refractivity contribution is -0.131. The number of carbonyl (C=O) groups excluding carboxylic acids is 2. The van der Waals surface area contributed by atoms with Gasteiger partial charge in [-0.3, -0.25) is 4.79 Å². The van der Waals surface area contributed by atoms with E-state index in [9.17, 15) is 14.4 Å². The first-order valence-corrected chi connectivity index (χ1v) is 10.2. The quantitative estimate of drug-likeness (QED) is 0.538. The van der Waals surface area contributed by atoms with Crippen LogP contribution in [0.4, 0.5) is 4.79 Å². The summed E-state index contributed by atoms with van der Waals surface area (Å²) in [5.74, 6) is -1.36. The fourth-order valence-electron chi connectivity index (χ4n) is 3.70. The molecule has 2 amide bonds. The predicted molar refractivity (Wildman–Crippen MR) is 117 cm³/mol. The van der Waals surface area contributed by atoms with Crippen molar-refractivity contribution in [2.45, 2.75) is 19.3 Å². The van der Waals surface area contributed by atoms with Gasteiger partial charge in [0.2, 0.25) is 5.91 Å². The van der Waals surface area contributed by atoms with Crippen molar-refractivity contribution in [2.75, 3.05) is 19.7 Å². The Bertz CT molecular complexity index is 940. The fourth-order valence-corrected chi connectivity index (χ4v) is 3.70. The Balaban J connectivity index is 1.44. The largest absolute Gasteiger partial charge is 0.478 e. The summed E-state index contributed by atoms with van der Waals surface area (Å²) in [5.41, 5.74) is 4.65. The monoisotopic (exact) mass is 422 g/mol. The fraction of sp³-hybridized carbons (Fsp3) is 0.292. The van der Waals surface area contributed by atoms with E-state index >= 15 is 0 Å². The number of nitrogens with one attached hydrogen (secondary N) is 2. The van der Waals surface area contributed by atoms with Crippen molar-refractivity contribution in [1.82, 2.24) is 10.6 Å². The second kappa shape index (κ2) is 10.4. The van der Waals surface area contributed by atoms with Gasteiger partial charge in [-0.05, 0) is 28.2 Å². The number of hydrogen-bond acceptors (Lipinski definition) is 4. The first-order valence-electron chi connectivity index (χ1n) is 10.2. The summed E-state index contributed by atoms with van der Waals surface area (Å²) in [5, 5.41) is 13.8. The number of carbonyl (C=O) groups is 3. The van der Waals surface area contributed by atoms with Crippen LogP contribution in [-0.4, -0.2) is 42.8 Å². The Hall–Kier alpha value is -3.61. The maximum absolute atomic E-state index is 12.2. The summed E-state index contributed by atoms with van der Waals surface area (Å²) < 4.78 is 5.48. The SMILES string of the molecule is CC(CNC(=O)OCC1c2ccccc2-c2ccccc21)CC(=O)NC/C=C/C(=O)O. The van der Waals surface area contributed by atoms with E-state index in [2.05, 4.69) is 34.9 Å². The summed E-state index contributed by atoms with van der Waals surface area (Å²) >= 11 is 0. The summed E-state index contributed by atoms with van der Waals surface area (Å²) in [6, 6.07) is 16.3. The van der Waals surface area contributed by atoms with Crippen LogP contribution in [0.2, 0.25) is 0 Å². The summed E-state index contributed by atoms with van der Waals surface area (Å²) in [7, 11) is 0. The van der Waals surface area contributed by atoms with E-state index in [1.807, 2.05) is 31.2 Å². The van der Waals surface area contributed by atoms with Gasteiger partial charge in [0.15, 0.2) is 0 Å². The van der Waals surface area contributed by atoms with E-state index in [0.29, 0.717) is 6.54 Å². The molecule has 0 saturated carbocycles. The molecule has 2 aromatic rings. The third-order valence-corrected chi connectivity index (χ3v) is 5.15. The van der Waals surface area contributed by atoms with Gasteiger partial charge < -0.3 is 20.5 Å². The van der Waals surface area contributed by atoms with E-state index in [0.717, 1.165) is 17.2 Å². The van der Waals surface area contributed by atoms with Crippen molar-refractivity contribution >= 4 is 18.0 Å². The molecule has 1 atom stereocenters. The Morgan fingerprint density at radius 1 is 1.03 bits per heavy atom. The zero-order valence-corrected chi connectivity index (χ0v) is 17.3. The number of aliphatic carboxylic acids is 1. The molecule has 7 nitrogen and oxygen atoms in total. The molecular formula is C24H26N2O5. The lowest BCUT2D eigenvalue weighted by atomic mass is 9.98. The van der Waals surface area contributed by atoms with Crippen molar-refractivity contribution < 1.29 is 24.2 Å². The number of rotatable bonds is 9. The Labute approximate surface area is 181 Å². The van der Waals surface area contributed by atoms with Gasteiger partial charge in [0.05, 0.1) is 0 Å². The molecule has 1 aliphatic carbocycles. The summed E-state index contributed by atoms with van der Waals surface area (Å²) in [6.45, 7) is 2.54. The number of hydrogen-bond donors (Lipinski definition) is 3. The highest BCUT2D eigenvalue weighted by atomic mass is 16.5. The van der Waals surface area contributed by atoms with Gasteiger partial charge in [-0.25, -0.2) is 9.59 Å². The lowest BCUT2D eigenvalue weighted by Gasteiger charge is -2.16. The van der Waals surface area contributed by atoms with Crippen LogP contribution in [0.3, 0.4) is 0 Å². The van der Waals surface area contributed by atoms with Gasteiger partial charge in [-0.2, -0.15) is 0 Å². The van der Waals surface area contributed by atoms with Crippen LogP contribution in [0, 0.1) is 5.92 Å². The second-order valence-electron chi connectivity index (χ2n) is 7.56. The van der Waals surface area contributed by atoms with Crippen LogP contribution in [0.15, 0.2) is 60.7 Å². The molecule has 0 saturated heterocycles. The number of benzene rings is 2. The van der Waals surface area contributed by atoms with Crippen molar-refractivity contribution in [3.05, 3.63) is 71.8 Å². The molecule has 1 unspecified atom stereocenters. The van der Waals surface area contributed by atoms with Gasteiger partial charge in [0.1, 0.15) is 6.61 Å². The highest BCUT2D eigenvalue weighted by Gasteiger charge is 2.29. The standard InChI is InChI=1S/C24H26N2O5/c1-16(13-22(27)25-12-6-11-23(28)29)14-26-24(30)31-15-21-19-9-4-2-7-17(19)18-8-3-5-10-20(18)21/h2-11,16,21H,12-15H2,1H3,(H,25,27)(H,26,30)(H,28,29)/b11-6+. The van der Waals surface area contributed by atoms with E-state index in [1.54, 1.807) is 0 Å². The first kappa shape index (κ1) is 22.1. The maximum atomic E-state index is 12.2. The summed E-state index contributed by atoms with van der Waals surface area (Å²) in [4.78, 5) is 34.4. The topological polar surface area (TPSA) is 105 Å². The molecule has 3 rings (SSSR count). The van der Waals surface area contributed by atoms with E-state index in [1.165, 1.54) is 17.2 Å². The molecule has 3 N–H and O–H groups in total. The molecule has 1 aliphatic rings. The molecule has 2 aromatic carbocycles. The van der Waals surface area contributed by atoms with Gasteiger partial charge in [-0.15, -0.1) is 0 Å². The Morgan fingerprint density at radius 3 is 2.26 bits per heavy atom. The van der Waals surface area contributed by atoms with Crippen LogP contribution < -0.4 is 10.6 Å². The number of fused-ring (bicyclic) bond motifs is 3. The van der Waals surface area contributed by atoms with Crippen LogP contribution in [0.25, 0.3) is 11.1 Å². The van der Waals surface area contributed by atoms with Crippen LogP contribution in [-0.2, 0) is 14.3 Å². The first-order chi connectivity index (χ1) is 15.0. The Kier molecular flexibility index (Phi) is 7.43. The van der Waals surface area contributed by atoms with E-state index < -0.39 is 12.1 Å². The predicted octanol–water partition coefficient (Wildman–Crippen LogP) is 3.31. The molecule has 0 fully saturated rings. The van der Waals surface area contributed by atoms with Gasteiger partial charge in [0.25, 0.3) is 0 Å². The zero-order valence-electron chi connectivity index (χ0n) is 17.3. The van der Waals surface area contributed by atoms with Crippen LogP contribution >= 0.6 is 0 Å². The second-order valence-corrected chi connectivity index (χ2v) is 7.56. The number of carboxylic acids is 1. The highest BCUT2D eigenvalue weighted by molar-refractivity contribution is 5.80. The van der Waals surface area contributed by atoms with Crippen LogP contribution in [0.5, 0.6) is 0 Å². The van der Waals surface area contributed by atoms with Crippen LogP contribution in [0.1, 0.15) is 30.4 Å². The average molecular weight is 422 g/mol. The molecule has 0 aliphatic heterocycles. The molecule has 0 spiro atoms. The van der Waals surface area contributed by atoms with Crippen molar-refractivity contribution in [3.8, 4) is 11.1 Å². The van der Waals surface area contributed by atoms with Crippen molar-refractivity contribution in [1.29, 1.82) is 0 Å². The smallest absolute Gasteiger partial charge is 0.407 e. The van der Waals surface area contributed by atoms with Crippen molar-refractivity contribution in [3.63, 3.8) is 0 Å². The minimum absolute atomic E-state index is 0.000193. The molecule has 31 heavy (non-hydrogen) atoms. The normalized spacial score (nSPS) is 13.3. The number of amides is 2. The molecule has 0 aromatic heterocycles. The molecule has 0 heterocycles. The third-order valence-electron chi connectivity index (χ3n) is 5.15. The zero-order chi connectivity index (χ0) is 22.2. The van der Waals surface area contributed by atoms with Gasteiger partial charge >= 0.3 is 12.1 Å². The number of alkyl carbamates (subject to hydrolysis) is 1. The minimum Gasteiger partial charge on any atom is -0.478 e. The van der Waals surface area contributed by atoms with Gasteiger partial charge in [-0.1, -0.05) is 61.5 Å². The minimum atomic E-state index is -1.06. The summed E-state index contributed by atoms with van der Waals surface area (Å²) in [6.07, 6.45) is 2.03. The Morgan fingerprint density at radius 2 is 1.65 bits per heavy atom. The lowest BCUT2D eigenvalue weighted by Crippen LogP contribution is -2.33. The molecule has 7 heteroatoms. The molecule has 0 radical (unpaired) electrons. The van der Waals surface area contributed by atoms with E-state index in [-0.39, 0.29) is 37.3 Å². The molecule has 0 bridgehead atoms. The number of ether oxygens (including phenoxy) is 1. The van der Waals surface area contributed by atoms with Gasteiger partial charge in [0, 0.05) is 31.5 Å². The maximum Gasteiger partial charge on any atom is 0.407 e.